The van der Waals surface area contributed by atoms with Gasteiger partial charge in [-0.15, -0.1) is 10.2 Å². The maximum absolute atomic E-state index is 13.4. The number of imidazole rings is 1. The molecule has 16 heteroatoms. The summed E-state index contributed by atoms with van der Waals surface area (Å²) >= 11 is 0.692. The number of nitrogens with zero attached hydrogens (tertiary/aromatic N) is 6. The van der Waals surface area contributed by atoms with Crippen LogP contribution in [0.3, 0.4) is 0 Å². The molecule has 0 aromatic carbocycles. The topological polar surface area (TPSA) is 131 Å². The Hall–Kier alpha value is -2.79. The molecule has 12 nitrogen and oxygen atoms in total. The van der Waals surface area contributed by atoms with Crippen molar-refractivity contribution in [2.75, 3.05) is 44.5 Å². The van der Waals surface area contributed by atoms with Crippen molar-refractivity contribution in [1.82, 2.24) is 29.2 Å². The van der Waals surface area contributed by atoms with Crippen LogP contribution in [0.4, 0.5) is 14.5 Å². The summed E-state index contributed by atoms with van der Waals surface area (Å²) in [6.07, 6.45) is 1.59. The van der Waals surface area contributed by atoms with Gasteiger partial charge in [0.05, 0.1) is 37.2 Å². The minimum atomic E-state index is -3.94. The first kappa shape index (κ1) is 26.4. The lowest BCUT2D eigenvalue weighted by molar-refractivity contribution is -0.153. The number of sulfonamides is 1. The highest BCUT2D eigenvalue weighted by Crippen LogP contribution is 2.38. The van der Waals surface area contributed by atoms with Crippen LogP contribution < -0.4 is 9.62 Å². The zero-order valence-corrected chi connectivity index (χ0v) is 22.7. The van der Waals surface area contributed by atoms with E-state index in [9.17, 15) is 22.0 Å². The van der Waals surface area contributed by atoms with Gasteiger partial charge in [0.1, 0.15) is 11.6 Å². The molecule has 210 valence electrons. The molecule has 3 aromatic heterocycles. The van der Waals surface area contributed by atoms with Crippen molar-refractivity contribution in [3.8, 4) is 10.8 Å². The number of morpholine rings is 1. The zero-order chi connectivity index (χ0) is 27.4. The maximum Gasteiger partial charge on any atom is 0.291 e. The van der Waals surface area contributed by atoms with Gasteiger partial charge < -0.3 is 19.3 Å². The Kier molecular flexibility index (Phi) is 6.77. The average Bonchev–Trinajstić information content (AvgIpc) is 3.30. The number of hydrogen-bond donors (Lipinski definition) is 1. The van der Waals surface area contributed by atoms with E-state index in [0.29, 0.717) is 42.2 Å². The quantitative estimate of drug-likeness (QED) is 0.444. The van der Waals surface area contributed by atoms with E-state index in [-0.39, 0.29) is 41.5 Å². The van der Waals surface area contributed by atoms with E-state index in [2.05, 4.69) is 19.9 Å². The maximum atomic E-state index is 13.4. The fourth-order valence-electron chi connectivity index (χ4n) is 4.69. The van der Waals surface area contributed by atoms with E-state index in [1.165, 1.54) is 16.8 Å². The number of nitrogens with one attached hydrogen (secondary N) is 1. The van der Waals surface area contributed by atoms with Gasteiger partial charge in [0.15, 0.2) is 21.9 Å². The normalized spacial score (nSPS) is 21.6. The Morgan fingerprint density at radius 1 is 1.26 bits per heavy atom. The molecule has 2 saturated heterocycles. The molecule has 0 unspecified atom stereocenters. The summed E-state index contributed by atoms with van der Waals surface area (Å²) < 4.78 is 68.7. The van der Waals surface area contributed by atoms with Crippen molar-refractivity contribution in [2.45, 2.75) is 49.2 Å². The highest BCUT2D eigenvalue weighted by Gasteiger charge is 2.42. The summed E-state index contributed by atoms with van der Waals surface area (Å²) in [6.45, 7) is 4.06. The highest BCUT2D eigenvalue weighted by atomic mass is 32.2. The van der Waals surface area contributed by atoms with E-state index in [4.69, 9.17) is 9.47 Å². The monoisotopic (exact) mass is 583 g/mol. The third kappa shape index (κ3) is 5.23. The van der Waals surface area contributed by atoms with Crippen LogP contribution in [0.25, 0.3) is 16.3 Å². The van der Waals surface area contributed by atoms with Crippen LogP contribution >= 0.6 is 11.3 Å². The molecule has 5 heterocycles. The minimum absolute atomic E-state index is 0.0187. The number of alkyl halides is 2. The fraction of sp³-hybridized carbons (Fsp3) is 0.565. The number of pyridine rings is 1. The molecule has 3 fully saturated rings. The zero-order valence-electron chi connectivity index (χ0n) is 21.0. The van der Waals surface area contributed by atoms with E-state index in [0.717, 1.165) is 19.3 Å². The molecule has 1 amide bonds. The lowest BCUT2D eigenvalue weighted by atomic mass is 10.2. The van der Waals surface area contributed by atoms with E-state index < -0.39 is 33.1 Å². The Morgan fingerprint density at radius 3 is 2.77 bits per heavy atom. The summed E-state index contributed by atoms with van der Waals surface area (Å²) in [5, 5.41) is 7.09. The number of ether oxygens (including phenoxy) is 2. The van der Waals surface area contributed by atoms with E-state index >= 15 is 0 Å². The molecule has 0 bridgehead atoms. The Labute approximate surface area is 227 Å². The van der Waals surface area contributed by atoms with Gasteiger partial charge in [-0.1, -0.05) is 11.3 Å². The van der Waals surface area contributed by atoms with Gasteiger partial charge in [-0.05, 0) is 32.3 Å². The molecule has 1 atom stereocenters. The molecule has 0 radical (unpaired) electrons. The first-order valence-electron chi connectivity index (χ1n) is 12.5. The van der Waals surface area contributed by atoms with Crippen LogP contribution in [0.15, 0.2) is 23.4 Å². The number of fused-ring (bicyclic) bond motifs is 1. The lowest BCUT2D eigenvalue weighted by Crippen LogP contribution is -2.52. The van der Waals surface area contributed by atoms with Gasteiger partial charge in [-0.25, -0.2) is 26.9 Å². The van der Waals surface area contributed by atoms with Gasteiger partial charge in [0.2, 0.25) is 10.0 Å². The van der Waals surface area contributed by atoms with Crippen molar-refractivity contribution < 1.29 is 31.5 Å². The smallest absolute Gasteiger partial charge is 0.291 e. The number of aromatic nitrogens is 4. The second-order valence-corrected chi connectivity index (χ2v) is 12.8. The summed E-state index contributed by atoms with van der Waals surface area (Å²) in [5.41, 5.74) is 0.543. The third-order valence-corrected chi connectivity index (χ3v) is 9.59. The Balaban J connectivity index is 1.40. The van der Waals surface area contributed by atoms with Crippen LogP contribution in [0.1, 0.15) is 37.6 Å². The highest BCUT2D eigenvalue weighted by molar-refractivity contribution is 7.89. The predicted molar refractivity (Wildman–Crippen MR) is 136 cm³/mol. The van der Waals surface area contributed by atoms with Gasteiger partial charge in [-0.2, -0.15) is 0 Å². The van der Waals surface area contributed by atoms with Gasteiger partial charge >= 0.3 is 0 Å². The second-order valence-electron chi connectivity index (χ2n) is 10.1. The number of halogens is 2. The minimum Gasteiger partial charge on any atom is -0.365 e. The molecule has 3 aliphatic rings. The van der Waals surface area contributed by atoms with E-state index in [1.807, 2.05) is 11.8 Å². The van der Waals surface area contributed by atoms with Crippen LogP contribution in [0.2, 0.25) is 0 Å². The first-order valence-corrected chi connectivity index (χ1v) is 14.8. The molecular formula is C23H27F2N7O5S2. The van der Waals surface area contributed by atoms with Gasteiger partial charge in [0, 0.05) is 24.8 Å². The number of amides is 1. The first-order chi connectivity index (χ1) is 18.6. The molecule has 1 saturated carbocycles. The molecule has 6 rings (SSSR count). The second kappa shape index (κ2) is 9.99. The summed E-state index contributed by atoms with van der Waals surface area (Å²) in [4.78, 5) is 21.0. The van der Waals surface area contributed by atoms with Gasteiger partial charge in [0.25, 0.3) is 12.3 Å². The average molecular weight is 584 g/mol. The standard InChI is InChI=1S/C23H27F2N7O5S2/c1-23(3-4-23)29-39(34,35)14-9-15(30-6-8-37-17(12-30)22(33)31-5-2-7-36-13-31)16-10-26-19(32(16)11-14)21-28-27-20(38-21)18(24)25/h9-11,17-18,29H,2-8,12-13H2,1H3/t17-/m1/s1. The number of rotatable bonds is 7. The molecule has 2 aliphatic heterocycles. The van der Waals surface area contributed by atoms with Crippen LogP contribution in [-0.2, 0) is 24.3 Å². The largest absolute Gasteiger partial charge is 0.365 e. The molecule has 1 aliphatic carbocycles. The van der Waals surface area contributed by atoms with Crippen LogP contribution in [0.5, 0.6) is 0 Å². The van der Waals surface area contributed by atoms with Crippen molar-refractivity contribution in [1.29, 1.82) is 0 Å². The van der Waals surface area contributed by atoms with Crippen molar-refractivity contribution in [2.24, 2.45) is 0 Å². The Morgan fingerprint density at radius 2 is 2.08 bits per heavy atom. The van der Waals surface area contributed by atoms with Crippen molar-refractivity contribution >= 4 is 38.5 Å². The molecule has 3 aromatic rings. The summed E-state index contributed by atoms with van der Waals surface area (Å²) in [5.74, 6) is 0.00166. The molecule has 39 heavy (non-hydrogen) atoms. The SMILES string of the molecule is CC1(NS(=O)(=O)c2cc(N3CCO[C@@H](C(=O)N4CCCOC4)C3)c3cnc(-c4nnc(C(F)F)s4)n3c2)CC1. The van der Waals surface area contributed by atoms with Crippen molar-refractivity contribution in [3.05, 3.63) is 23.5 Å². The summed E-state index contributed by atoms with van der Waals surface area (Å²) in [6, 6.07) is 1.55. The lowest BCUT2D eigenvalue weighted by Gasteiger charge is -2.37. The van der Waals surface area contributed by atoms with E-state index in [1.54, 1.807) is 11.0 Å². The number of anilines is 1. The third-order valence-electron chi connectivity index (χ3n) is 7.06. The van der Waals surface area contributed by atoms with Gasteiger partial charge in [-0.3, -0.25) is 9.20 Å². The Bertz CT molecular complexity index is 1500. The molecular weight excluding hydrogens is 556 g/mol. The van der Waals surface area contributed by atoms with Crippen LogP contribution in [-0.4, -0.2) is 90.0 Å². The molecule has 1 N–H and O–H groups in total. The number of carbonyl (C=O) groups excluding carboxylic acids is 1. The predicted octanol–water partition coefficient (Wildman–Crippen LogP) is 2.03. The van der Waals surface area contributed by atoms with Crippen LogP contribution in [0, 0.1) is 0 Å². The summed E-state index contributed by atoms with van der Waals surface area (Å²) in [7, 11) is -3.94. The molecule has 0 spiro atoms. The number of hydrogen-bond acceptors (Lipinski definition) is 10. The van der Waals surface area contributed by atoms with Crippen molar-refractivity contribution in [3.63, 3.8) is 0 Å². The number of carbonyl (C=O) groups is 1. The fourth-order valence-corrected chi connectivity index (χ4v) is 6.86.